The molecular weight excluding hydrogens is 348 g/mol. The van der Waals surface area contributed by atoms with E-state index in [1.807, 2.05) is 41.6 Å². The number of imidazole rings is 1. The summed E-state index contributed by atoms with van der Waals surface area (Å²) in [4.78, 5) is 21.9. The Morgan fingerprint density at radius 2 is 2.04 bits per heavy atom. The average Bonchev–Trinajstić information content (AvgIpc) is 3.16. The molecular formula is C23H28N4O. The summed E-state index contributed by atoms with van der Waals surface area (Å²) in [6.07, 6.45) is 4.97. The lowest BCUT2D eigenvalue weighted by molar-refractivity contribution is 0.0681. The first-order valence-electron chi connectivity index (χ1n) is 10.1. The molecule has 1 saturated heterocycles. The van der Waals surface area contributed by atoms with E-state index in [1.54, 1.807) is 0 Å². The summed E-state index contributed by atoms with van der Waals surface area (Å²) >= 11 is 0. The van der Waals surface area contributed by atoms with E-state index < -0.39 is 0 Å². The van der Waals surface area contributed by atoms with Crippen molar-refractivity contribution in [2.45, 2.75) is 25.3 Å². The first-order valence-corrected chi connectivity index (χ1v) is 10.1. The fourth-order valence-electron chi connectivity index (χ4n) is 4.03. The Labute approximate surface area is 166 Å². The number of amides is 1. The average molecular weight is 377 g/mol. The topological polar surface area (TPSA) is 41.4 Å². The standard InChI is InChI=1S/C23H28N4O/c1-25(2)14-12-18-7-5-8-19(15-18)23(28)26-13-6-9-20(16-26)27-17-24-21-10-3-4-11-22(21)27/h3-5,7-8,10-11,15,17,20H,6,9,12-14,16H2,1-2H3. The van der Waals surface area contributed by atoms with Crippen LogP contribution in [0.5, 0.6) is 0 Å². The molecule has 0 spiro atoms. The number of hydrogen-bond acceptors (Lipinski definition) is 3. The van der Waals surface area contributed by atoms with E-state index in [0.29, 0.717) is 0 Å². The van der Waals surface area contributed by atoms with Crippen LogP contribution in [0, 0.1) is 0 Å². The summed E-state index contributed by atoms with van der Waals surface area (Å²) in [6, 6.07) is 16.6. The number of para-hydroxylation sites is 2. The number of carbonyl (C=O) groups is 1. The van der Waals surface area contributed by atoms with Gasteiger partial charge in [-0.2, -0.15) is 0 Å². The maximum Gasteiger partial charge on any atom is 0.253 e. The largest absolute Gasteiger partial charge is 0.337 e. The lowest BCUT2D eigenvalue weighted by Crippen LogP contribution is -2.40. The zero-order chi connectivity index (χ0) is 19.5. The van der Waals surface area contributed by atoms with Crippen LogP contribution in [-0.2, 0) is 6.42 Å². The quantitative estimate of drug-likeness (QED) is 0.683. The highest BCUT2D eigenvalue weighted by atomic mass is 16.2. The smallest absolute Gasteiger partial charge is 0.253 e. The van der Waals surface area contributed by atoms with E-state index in [1.165, 1.54) is 5.56 Å². The fourth-order valence-corrected chi connectivity index (χ4v) is 4.03. The van der Waals surface area contributed by atoms with Crippen LogP contribution >= 0.6 is 0 Å². The number of likely N-dealkylation sites (N-methyl/N-ethyl adjacent to an activating group) is 1. The van der Waals surface area contributed by atoms with Gasteiger partial charge in [0.25, 0.3) is 5.91 Å². The predicted molar refractivity (Wildman–Crippen MR) is 113 cm³/mol. The third kappa shape index (κ3) is 3.94. The Bertz CT molecular complexity index is 962. The number of aromatic nitrogens is 2. The van der Waals surface area contributed by atoms with Gasteiger partial charge in [-0.15, -0.1) is 0 Å². The number of hydrogen-bond donors (Lipinski definition) is 0. The minimum absolute atomic E-state index is 0.140. The number of rotatable bonds is 5. The molecule has 1 amide bonds. The van der Waals surface area contributed by atoms with Gasteiger partial charge < -0.3 is 14.4 Å². The number of fused-ring (bicyclic) bond motifs is 1. The van der Waals surface area contributed by atoms with Gasteiger partial charge in [-0.3, -0.25) is 4.79 Å². The fraction of sp³-hybridized carbons (Fsp3) is 0.391. The van der Waals surface area contributed by atoms with Gasteiger partial charge in [0, 0.05) is 25.2 Å². The normalized spacial score (nSPS) is 17.4. The number of nitrogens with zero attached hydrogens (tertiary/aromatic N) is 4. The summed E-state index contributed by atoms with van der Waals surface area (Å²) in [5, 5.41) is 0. The van der Waals surface area contributed by atoms with Gasteiger partial charge in [-0.05, 0) is 63.2 Å². The highest BCUT2D eigenvalue weighted by Crippen LogP contribution is 2.26. The Kier molecular flexibility index (Phi) is 5.44. The van der Waals surface area contributed by atoms with Crippen molar-refractivity contribution in [1.29, 1.82) is 0 Å². The van der Waals surface area contributed by atoms with Crippen LogP contribution in [0.2, 0.25) is 0 Å². The molecule has 1 aliphatic heterocycles. The number of carbonyl (C=O) groups excluding carboxylic acids is 1. The predicted octanol–water partition coefficient (Wildman–Crippen LogP) is 3.62. The van der Waals surface area contributed by atoms with Crippen molar-refractivity contribution in [1.82, 2.24) is 19.4 Å². The Morgan fingerprint density at radius 1 is 1.18 bits per heavy atom. The number of benzene rings is 2. The van der Waals surface area contributed by atoms with Gasteiger partial charge >= 0.3 is 0 Å². The molecule has 28 heavy (non-hydrogen) atoms. The molecule has 0 saturated carbocycles. The van der Waals surface area contributed by atoms with Crippen LogP contribution in [0.1, 0.15) is 34.8 Å². The van der Waals surface area contributed by atoms with Crippen molar-refractivity contribution in [3.63, 3.8) is 0 Å². The van der Waals surface area contributed by atoms with E-state index in [0.717, 1.165) is 55.5 Å². The molecule has 1 unspecified atom stereocenters. The molecule has 1 aromatic heterocycles. The van der Waals surface area contributed by atoms with Crippen molar-refractivity contribution in [3.05, 3.63) is 66.0 Å². The lowest BCUT2D eigenvalue weighted by atomic mass is 10.0. The molecule has 1 atom stereocenters. The minimum atomic E-state index is 0.140. The van der Waals surface area contributed by atoms with E-state index in [2.05, 4.69) is 46.7 Å². The SMILES string of the molecule is CN(C)CCc1cccc(C(=O)N2CCCC(n3cnc4ccccc43)C2)c1. The molecule has 1 fully saturated rings. The van der Waals surface area contributed by atoms with Gasteiger partial charge in [0.1, 0.15) is 0 Å². The van der Waals surface area contributed by atoms with Gasteiger partial charge in [0.05, 0.1) is 23.4 Å². The van der Waals surface area contributed by atoms with Crippen LogP contribution in [0.4, 0.5) is 0 Å². The molecule has 1 aliphatic rings. The molecule has 0 N–H and O–H groups in total. The molecule has 2 aromatic carbocycles. The summed E-state index contributed by atoms with van der Waals surface area (Å²) in [7, 11) is 4.14. The first kappa shape index (κ1) is 18.7. The van der Waals surface area contributed by atoms with E-state index >= 15 is 0 Å². The molecule has 5 nitrogen and oxygen atoms in total. The molecule has 2 heterocycles. The summed E-state index contributed by atoms with van der Waals surface area (Å²) < 4.78 is 2.24. The van der Waals surface area contributed by atoms with Crippen LogP contribution in [-0.4, -0.2) is 59.0 Å². The van der Waals surface area contributed by atoms with Crippen molar-refractivity contribution in [2.75, 3.05) is 33.7 Å². The molecule has 5 heteroatoms. The second-order valence-corrected chi connectivity index (χ2v) is 7.94. The third-order valence-corrected chi connectivity index (χ3v) is 5.58. The van der Waals surface area contributed by atoms with Crippen molar-refractivity contribution >= 4 is 16.9 Å². The molecule has 146 valence electrons. The van der Waals surface area contributed by atoms with E-state index in [9.17, 15) is 4.79 Å². The Morgan fingerprint density at radius 3 is 2.89 bits per heavy atom. The summed E-state index contributed by atoms with van der Waals surface area (Å²) in [6.45, 7) is 2.54. The number of piperidine rings is 1. The van der Waals surface area contributed by atoms with Crippen LogP contribution < -0.4 is 0 Å². The number of likely N-dealkylation sites (tertiary alicyclic amines) is 1. The van der Waals surface area contributed by atoms with Crippen LogP contribution in [0.25, 0.3) is 11.0 Å². The monoisotopic (exact) mass is 376 g/mol. The van der Waals surface area contributed by atoms with Gasteiger partial charge in [0.15, 0.2) is 0 Å². The summed E-state index contributed by atoms with van der Waals surface area (Å²) in [5.74, 6) is 0.140. The second-order valence-electron chi connectivity index (χ2n) is 7.94. The molecule has 3 aromatic rings. The highest BCUT2D eigenvalue weighted by molar-refractivity contribution is 5.94. The third-order valence-electron chi connectivity index (χ3n) is 5.58. The molecule has 4 rings (SSSR count). The van der Waals surface area contributed by atoms with Gasteiger partial charge in [0.2, 0.25) is 0 Å². The maximum atomic E-state index is 13.2. The Balaban J connectivity index is 1.50. The summed E-state index contributed by atoms with van der Waals surface area (Å²) in [5.41, 5.74) is 4.17. The van der Waals surface area contributed by atoms with Gasteiger partial charge in [-0.1, -0.05) is 24.3 Å². The zero-order valence-electron chi connectivity index (χ0n) is 16.7. The first-order chi connectivity index (χ1) is 13.6. The second kappa shape index (κ2) is 8.15. The Hall–Kier alpha value is -2.66. The minimum Gasteiger partial charge on any atom is -0.337 e. The van der Waals surface area contributed by atoms with Crippen LogP contribution in [0.15, 0.2) is 54.9 Å². The van der Waals surface area contributed by atoms with Crippen molar-refractivity contribution in [2.24, 2.45) is 0 Å². The molecule has 0 aliphatic carbocycles. The van der Waals surface area contributed by atoms with Crippen molar-refractivity contribution < 1.29 is 4.79 Å². The highest BCUT2D eigenvalue weighted by Gasteiger charge is 2.26. The molecule has 0 bridgehead atoms. The van der Waals surface area contributed by atoms with Gasteiger partial charge in [-0.25, -0.2) is 4.98 Å². The van der Waals surface area contributed by atoms with Crippen molar-refractivity contribution in [3.8, 4) is 0 Å². The lowest BCUT2D eigenvalue weighted by Gasteiger charge is -2.34. The molecule has 0 radical (unpaired) electrons. The maximum absolute atomic E-state index is 13.2. The van der Waals surface area contributed by atoms with Crippen LogP contribution in [0.3, 0.4) is 0 Å². The zero-order valence-corrected chi connectivity index (χ0v) is 16.7. The van der Waals surface area contributed by atoms with E-state index in [4.69, 9.17) is 0 Å². The van der Waals surface area contributed by atoms with E-state index in [-0.39, 0.29) is 11.9 Å².